The molecule has 134 valence electrons. The van der Waals surface area contributed by atoms with Crippen molar-refractivity contribution in [3.05, 3.63) is 40.9 Å². The van der Waals surface area contributed by atoms with E-state index < -0.39 is 0 Å². The highest BCUT2D eigenvalue weighted by Gasteiger charge is 2.14. The third kappa shape index (κ3) is 5.47. The predicted molar refractivity (Wildman–Crippen MR) is 101 cm³/mol. The number of carbonyl (C=O) groups excluding carboxylic acids is 1. The fourth-order valence-corrected chi connectivity index (χ4v) is 3.87. The predicted octanol–water partition coefficient (Wildman–Crippen LogP) is 3.85. The number of nitrogens with zero attached hydrogens (tertiary/aromatic N) is 3. The van der Waals surface area contributed by atoms with Gasteiger partial charge >= 0.3 is 0 Å². The van der Waals surface area contributed by atoms with Crippen LogP contribution in [0.5, 0.6) is 0 Å². The molecule has 2 heterocycles. The van der Waals surface area contributed by atoms with Gasteiger partial charge in [-0.05, 0) is 49.3 Å². The van der Waals surface area contributed by atoms with Gasteiger partial charge in [0.1, 0.15) is 5.82 Å². The van der Waals surface area contributed by atoms with Crippen LogP contribution in [0.25, 0.3) is 0 Å². The van der Waals surface area contributed by atoms with Crippen LogP contribution in [0.15, 0.2) is 29.2 Å². The van der Waals surface area contributed by atoms with E-state index in [2.05, 4.69) is 20.1 Å². The lowest BCUT2D eigenvalue weighted by Gasteiger charge is -2.08. The van der Waals surface area contributed by atoms with Gasteiger partial charge in [0.25, 0.3) is 0 Å². The van der Waals surface area contributed by atoms with Gasteiger partial charge in [0.15, 0.2) is 5.82 Å². The van der Waals surface area contributed by atoms with E-state index in [0.29, 0.717) is 13.0 Å². The Labute approximate surface area is 157 Å². The first kappa shape index (κ1) is 18.3. The van der Waals surface area contributed by atoms with Gasteiger partial charge in [-0.2, -0.15) is 0 Å². The molecule has 5 nitrogen and oxygen atoms in total. The number of hydrogen-bond donors (Lipinski definition) is 1. The maximum absolute atomic E-state index is 12.0. The average Bonchev–Trinajstić information content (AvgIpc) is 2.85. The van der Waals surface area contributed by atoms with Crippen molar-refractivity contribution < 1.29 is 4.79 Å². The van der Waals surface area contributed by atoms with E-state index in [0.717, 1.165) is 48.2 Å². The molecule has 0 fully saturated rings. The summed E-state index contributed by atoms with van der Waals surface area (Å²) in [4.78, 5) is 13.2. The number of halogens is 1. The van der Waals surface area contributed by atoms with Gasteiger partial charge in [0.05, 0.1) is 6.54 Å². The summed E-state index contributed by atoms with van der Waals surface area (Å²) in [6.07, 6.45) is 5.94. The topological polar surface area (TPSA) is 59.8 Å². The lowest BCUT2D eigenvalue weighted by molar-refractivity contribution is -0.121. The van der Waals surface area contributed by atoms with Gasteiger partial charge in [-0.25, -0.2) is 0 Å². The number of thioether (sulfide) groups is 1. The maximum atomic E-state index is 12.0. The second kappa shape index (κ2) is 9.25. The van der Waals surface area contributed by atoms with Crippen LogP contribution in [-0.4, -0.2) is 26.4 Å². The van der Waals surface area contributed by atoms with E-state index in [1.165, 1.54) is 17.7 Å². The number of rotatable bonds is 7. The summed E-state index contributed by atoms with van der Waals surface area (Å²) in [5.74, 6) is 2.92. The van der Waals surface area contributed by atoms with Crippen LogP contribution in [0.3, 0.4) is 0 Å². The zero-order valence-corrected chi connectivity index (χ0v) is 15.8. The zero-order valence-electron chi connectivity index (χ0n) is 14.2. The van der Waals surface area contributed by atoms with Crippen molar-refractivity contribution in [2.45, 2.75) is 56.5 Å². The number of amides is 1. The summed E-state index contributed by atoms with van der Waals surface area (Å²) < 4.78 is 2.17. The largest absolute Gasteiger partial charge is 0.349 e. The molecule has 0 aliphatic carbocycles. The Kier molecular flexibility index (Phi) is 6.76. The van der Waals surface area contributed by atoms with Crippen LogP contribution in [0.4, 0.5) is 0 Å². The summed E-state index contributed by atoms with van der Waals surface area (Å²) >= 11 is 7.61. The van der Waals surface area contributed by atoms with Gasteiger partial charge in [-0.15, -0.1) is 22.0 Å². The van der Waals surface area contributed by atoms with Gasteiger partial charge < -0.3 is 9.88 Å². The molecule has 0 spiro atoms. The van der Waals surface area contributed by atoms with Crippen LogP contribution in [0, 0.1) is 0 Å². The smallest absolute Gasteiger partial charge is 0.220 e. The Morgan fingerprint density at radius 1 is 1.20 bits per heavy atom. The molecule has 0 radical (unpaired) electrons. The fraction of sp³-hybridized carbons (Fsp3) is 0.500. The number of benzene rings is 1. The first-order valence-corrected chi connectivity index (χ1v) is 10.1. The highest BCUT2D eigenvalue weighted by Crippen LogP contribution is 2.21. The van der Waals surface area contributed by atoms with E-state index in [9.17, 15) is 4.79 Å². The van der Waals surface area contributed by atoms with Gasteiger partial charge in [0.2, 0.25) is 5.91 Å². The third-order valence-electron chi connectivity index (χ3n) is 4.26. The maximum Gasteiger partial charge on any atom is 0.220 e. The molecular weight excluding hydrogens is 356 g/mol. The summed E-state index contributed by atoms with van der Waals surface area (Å²) in [6, 6.07) is 7.78. The van der Waals surface area contributed by atoms with Gasteiger partial charge in [0, 0.05) is 29.3 Å². The number of carbonyl (C=O) groups is 1. The average molecular weight is 379 g/mol. The number of aryl methyl sites for hydroxylation is 1. The van der Waals surface area contributed by atoms with E-state index in [4.69, 9.17) is 11.6 Å². The molecule has 7 heteroatoms. The Hall–Kier alpha value is -1.53. The van der Waals surface area contributed by atoms with Crippen molar-refractivity contribution in [2.75, 3.05) is 5.75 Å². The highest BCUT2D eigenvalue weighted by molar-refractivity contribution is 7.99. The zero-order chi connectivity index (χ0) is 17.5. The minimum atomic E-state index is 0.0719. The highest BCUT2D eigenvalue weighted by atomic mass is 35.5. The summed E-state index contributed by atoms with van der Waals surface area (Å²) in [5, 5.41) is 12.2. The fourth-order valence-electron chi connectivity index (χ4n) is 2.90. The molecule has 0 unspecified atom stereocenters. The molecule has 0 atom stereocenters. The van der Waals surface area contributed by atoms with Crippen LogP contribution in [0.2, 0.25) is 5.02 Å². The van der Waals surface area contributed by atoms with Crippen molar-refractivity contribution >= 4 is 29.3 Å². The molecule has 2 aromatic rings. The molecule has 25 heavy (non-hydrogen) atoms. The van der Waals surface area contributed by atoms with Crippen molar-refractivity contribution in [3.8, 4) is 0 Å². The normalized spacial score (nSPS) is 14.0. The van der Waals surface area contributed by atoms with E-state index in [1.54, 1.807) is 11.8 Å². The number of nitrogens with one attached hydrogen (secondary N) is 1. The molecule has 1 N–H and O–H groups in total. The standard InChI is InChI=1S/C18H23ClN4OS/c19-14-7-9-15(10-8-14)25-12-4-6-18(24)20-13-17-22-21-16-5-2-1-3-11-23(16)17/h7-10H,1-6,11-13H2,(H,20,24). The Morgan fingerprint density at radius 3 is 2.88 bits per heavy atom. The van der Waals surface area contributed by atoms with Crippen LogP contribution in [0.1, 0.15) is 43.8 Å². The third-order valence-corrected chi connectivity index (χ3v) is 5.61. The van der Waals surface area contributed by atoms with Crippen molar-refractivity contribution in [1.29, 1.82) is 0 Å². The van der Waals surface area contributed by atoms with Crippen molar-refractivity contribution in [2.24, 2.45) is 0 Å². The minimum absolute atomic E-state index is 0.0719. The van der Waals surface area contributed by atoms with Crippen LogP contribution >= 0.6 is 23.4 Å². The molecule has 0 saturated carbocycles. The second-order valence-electron chi connectivity index (χ2n) is 6.18. The Morgan fingerprint density at radius 2 is 2.04 bits per heavy atom. The lowest BCUT2D eigenvalue weighted by atomic mass is 10.2. The van der Waals surface area contributed by atoms with Gasteiger partial charge in [-0.3, -0.25) is 4.79 Å². The SMILES string of the molecule is O=C(CCCSc1ccc(Cl)cc1)NCc1nnc2n1CCCCC2. The number of fused-ring (bicyclic) bond motifs is 1. The second-order valence-corrected chi connectivity index (χ2v) is 7.78. The van der Waals surface area contributed by atoms with Crippen LogP contribution < -0.4 is 5.32 Å². The van der Waals surface area contributed by atoms with Gasteiger partial charge in [-0.1, -0.05) is 18.0 Å². The Bertz CT molecular complexity index is 702. The molecule has 1 amide bonds. The molecule has 3 rings (SSSR count). The summed E-state index contributed by atoms with van der Waals surface area (Å²) in [5.41, 5.74) is 0. The lowest BCUT2D eigenvalue weighted by Crippen LogP contribution is -2.24. The Balaban J connectivity index is 1.37. The molecule has 0 saturated heterocycles. The van der Waals surface area contributed by atoms with Crippen molar-refractivity contribution in [1.82, 2.24) is 20.1 Å². The number of hydrogen-bond acceptors (Lipinski definition) is 4. The quantitative estimate of drug-likeness (QED) is 0.587. The summed E-state index contributed by atoms with van der Waals surface area (Å²) in [6.45, 7) is 1.43. The van der Waals surface area contributed by atoms with Crippen LogP contribution in [-0.2, 0) is 24.3 Å². The molecule has 1 aliphatic rings. The molecule has 1 aliphatic heterocycles. The monoisotopic (exact) mass is 378 g/mol. The van der Waals surface area contributed by atoms with Crippen molar-refractivity contribution in [3.63, 3.8) is 0 Å². The van der Waals surface area contributed by atoms with E-state index >= 15 is 0 Å². The summed E-state index contributed by atoms with van der Waals surface area (Å²) in [7, 11) is 0. The number of aromatic nitrogens is 3. The molecule has 0 bridgehead atoms. The first-order valence-electron chi connectivity index (χ1n) is 8.78. The van der Waals surface area contributed by atoms with E-state index in [-0.39, 0.29) is 5.91 Å². The molecular formula is C18H23ClN4OS. The first-order chi connectivity index (χ1) is 12.2. The van der Waals surface area contributed by atoms with E-state index in [1.807, 2.05) is 24.3 Å². The molecule has 1 aromatic heterocycles. The molecule has 1 aromatic carbocycles. The minimum Gasteiger partial charge on any atom is -0.349 e.